The van der Waals surface area contributed by atoms with Gasteiger partial charge in [0.2, 0.25) is 0 Å². The van der Waals surface area contributed by atoms with Gasteiger partial charge in [0.25, 0.3) is 0 Å². The smallest absolute Gasteiger partial charge is 0.145 e. The van der Waals surface area contributed by atoms with Gasteiger partial charge in [-0.2, -0.15) is 0 Å². The number of furan rings is 2. The van der Waals surface area contributed by atoms with Crippen LogP contribution in [-0.4, -0.2) is 16.1 Å². The van der Waals surface area contributed by atoms with E-state index in [4.69, 9.17) is 8.83 Å². The van der Waals surface area contributed by atoms with Gasteiger partial charge in [-0.3, -0.25) is 0 Å². The fourth-order valence-electron chi connectivity index (χ4n) is 12.1. The summed E-state index contributed by atoms with van der Waals surface area (Å²) in [6, 6.07) is 62.9. The van der Waals surface area contributed by atoms with Gasteiger partial charge in [-0.15, -0.1) is 0 Å². The third-order valence-corrected chi connectivity index (χ3v) is 22.3. The minimum absolute atomic E-state index is 0.911. The molecule has 0 aliphatic carbocycles. The van der Waals surface area contributed by atoms with Crippen molar-refractivity contribution >= 4 is 115 Å². The van der Waals surface area contributed by atoms with E-state index < -0.39 is 16.1 Å². The van der Waals surface area contributed by atoms with E-state index in [0.717, 1.165) is 66.6 Å². The van der Waals surface area contributed by atoms with E-state index in [2.05, 4.69) is 234 Å². The molecule has 0 amide bonds. The molecule has 11 aromatic rings. The average Bonchev–Trinajstić information content (AvgIpc) is 4.04. The number of hydrogen-bond acceptors (Lipinski definition) is 4. The van der Waals surface area contributed by atoms with Gasteiger partial charge in [0.05, 0.1) is 22.1 Å². The van der Waals surface area contributed by atoms with Crippen molar-refractivity contribution in [2.24, 2.45) is 0 Å². The van der Waals surface area contributed by atoms with Crippen molar-refractivity contribution in [2.75, 3.05) is 9.80 Å². The predicted octanol–water partition coefficient (Wildman–Crippen LogP) is 15.3. The van der Waals surface area contributed by atoms with Crippen LogP contribution in [-0.2, 0) is 0 Å². The molecule has 13 rings (SSSR count). The Bertz CT molecular complexity index is 3660. The van der Waals surface area contributed by atoms with E-state index in [-0.39, 0.29) is 0 Å². The second kappa shape index (κ2) is 14.6. The number of anilines is 6. The lowest BCUT2D eigenvalue weighted by Crippen LogP contribution is -2.51. The van der Waals surface area contributed by atoms with Crippen molar-refractivity contribution in [3.05, 3.63) is 192 Å². The molecule has 9 aromatic carbocycles. The maximum Gasteiger partial charge on any atom is 0.145 e. The quantitative estimate of drug-likeness (QED) is 0.156. The van der Waals surface area contributed by atoms with E-state index in [1.54, 1.807) is 0 Å². The zero-order valence-electron chi connectivity index (χ0n) is 39.9. The molecule has 2 aromatic heterocycles. The van der Waals surface area contributed by atoms with Crippen LogP contribution in [0.5, 0.6) is 0 Å². The summed E-state index contributed by atoms with van der Waals surface area (Å²) >= 11 is 0. The molecule has 0 radical (unpaired) electrons. The molecule has 0 N–H and O–H groups in total. The molecule has 0 unspecified atom stereocenters. The van der Waals surface area contributed by atoms with Crippen molar-refractivity contribution in [1.82, 2.24) is 0 Å². The summed E-state index contributed by atoms with van der Waals surface area (Å²) < 4.78 is 14.4. The summed E-state index contributed by atoms with van der Waals surface area (Å²) in [6.45, 7) is 19.0. The van der Waals surface area contributed by atoms with Crippen molar-refractivity contribution in [2.45, 2.75) is 53.9 Å². The molecule has 0 fully saturated rings. The Balaban J connectivity index is 1.09. The highest BCUT2D eigenvalue weighted by atomic mass is 28.3. The summed E-state index contributed by atoms with van der Waals surface area (Å²) in [7, 11) is -4.79. The Labute approximate surface area is 399 Å². The van der Waals surface area contributed by atoms with Gasteiger partial charge in [0.15, 0.2) is 0 Å². The van der Waals surface area contributed by atoms with Gasteiger partial charge in [-0.25, -0.2) is 0 Å². The van der Waals surface area contributed by atoms with Crippen LogP contribution in [0.3, 0.4) is 0 Å². The zero-order valence-corrected chi connectivity index (χ0v) is 41.9. The molecular weight excluding hydrogens is 861 g/mol. The molecule has 330 valence electrons. The first kappa shape index (κ1) is 40.9. The fourth-order valence-corrected chi connectivity index (χ4v) is 18.1. The molecule has 0 saturated carbocycles. The number of rotatable bonds is 6. The van der Waals surface area contributed by atoms with E-state index >= 15 is 0 Å². The fraction of sp³-hybridized carbons (Fsp3) is 0.129. The topological polar surface area (TPSA) is 32.8 Å². The summed E-state index contributed by atoms with van der Waals surface area (Å²) in [5.41, 5.74) is 20.9. The monoisotopic (exact) mass is 912 g/mol. The molecule has 0 spiro atoms. The average molecular weight is 913 g/mol. The van der Waals surface area contributed by atoms with Crippen molar-refractivity contribution < 1.29 is 8.83 Å². The first-order valence-electron chi connectivity index (χ1n) is 23.9. The van der Waals surface area contributed by atoms with Crippen LogP contribution in [0, 0.1) is 27.7 Å². The SMILES string of the molecule is Cc1ccc(N(c2ccccc2)c2cc3c(c4oc5ccccc5c24)-c2cc4c(cc2[Si]3(C)C)-c2c(cc(N(c3ccccc3)c3ccc(C)cc3C)c3c2oc2ccccc23)[Si]4(C)C)c(C)c1. The van der Waals surface area contributed by atoms with E-state index in [1.165, 1.54) is 76.6 Å². The van der Waals surface area contributed by atoms with Crippen molar-refractivity contribution in [3.8, 4) is 22.3 Å². The van der Waals surface area contributed by atoms with Crippen LogP contribution in [0.4, 0.5) is 34.1 Å². The molecule has 2 aliphatic heterocycles. The van der Waals surface area contributed by atoms with Gasteiger partial charge in [0.1, 0.15) is 38.5 Å². The highest BCUT2D eigenvalue weighted by molar-refractivity contribution is 7.06. The summed E-state index contributed by atoms with van der Waals surface area (Å²) in [6.07, 6.45) is 0. The van der Waals surface area contributed by atoms with E-state index in [9.17, 15) is 0 Å². The molecule has 0 bridgehead atoms. The number of fused-ring (bicyclic) bond motifs is 14. The van der Waals surface area contributed by atoms with Crippen LogP contribution < -0.4 is 30.5 Å². The largest absolute Gasteiger partial charge is 0.455 e. The Kier molecular flexibility index (Phi) is 8.75. The summed E-state index contributed by atoms with van der Waals surface area (Å²) in [4.78, 5) is 4.96. The zero-order chi connectivity index (χ0) is 46.4. The van der Waals surface area contributed by atoms with Crippen molar-refractivity contribution in [3.63, 3.8) is 0 Å². The second-order valence-corrected chi connectivity index (χ2v) is 29.0. The Morgan fingerprint density at radius 2 is 0.750 bits per heavy atom. The molecule has 0 atom stereocenters. The maximum absolute atomic E-state index is 7.21. The third-order valence-electron chi connectivity index (χ3n) is 15.3. The first-order valence-corrected chi connectivity index (χ1v) is 29.9. The lowest BCUT2D eigenvalue weighted by Gasteiger charge is -2.30. The van der Waals surface area contributed by atoms with Crippen LogP contribution >= 0.6 is 0 Å². The molecule has 0 saturated heterocycles. The third kappa shape index (κ3) is 5.71. The minimum atomic E-state index is -2.40. The molecule has 4 heterocycles. The second-order valence-electron chi connectivity index (χ2n) is 20.4. The Hall–Kier alpha value is -7.39. The van der Waals surface area contributed by atoms with Crippen LogP contribution in [0.15, 0.2) is 179 Å². The maximum atomic E-state index is 7.21. The van der Waals surface area contributed by atoms with Crippen LogP contribution in [0.1, 0.15) is 22.3 Å². The highest BCUT2D eigenvalue weighted by Gasteiger charge is 2.47. The Morgan fingerprint density at radius 3 is 1.15 bits per heavy atom. The lowest BCUT2D eigenvalue weighted by atomic mass is 9.96. The number of aryl methyl sites for hydroxylation is 4. The lowest BCUT2D eigenvalue weighted by molar-refractivity contribution is 0.670. The molecule has 6 heteroatoms. The summed E-state index contributed by atoms with van der Waals surface area (Å²) in [5.74, 6) is 0. The first-order chi connectivity index (χ1) is 32.9. The highest BCUT2D eigenvalue weighted by Crippen LogP contribution is 2.51. The van der Waals surface area contributed by atoms with E-state index in [1.807, 2.05) is 0 Å². The molecular formula is C62H52N2O2Si2. The number of nitrogens with zero attached hydrogens (tertiary/aromatic N) is 2. The minimum Gasteiger partial charge on any atom is -0.455 e. The number of para-hydroxylation sites is 4. The molecule has 68 heavy (non-hydrogen) atoms. The van der Waals surface area contributed by atoms with Crippen molar-refractivity contribution in [1.29, 1.82) is 0 Å². The van der Waals surface area contributed by atoms with Crippen LogP contribution in [0.25, 0.3) is 66.1 Å². The summed E-state index contributed by atoms with van der Waals surface area (Å²) in [5, 5.41) is 10.3. The van der Waals surface area contributed by atoms with Gasteiger partial charge >= 0.3 is 0 Å². The van der Waals surface area contributed by atoms with E-state index in [0.29, 0.717) is 0 Å². The van der Waals surface area contributed by atoms with Gasteiger partial charge in [0, 0.05) is 44.6 Å². The van der Waals surface area contributed by atoms with Gasteiger partial charge in [-0.1, -0.05) is 147 Å². The number of hydrogen-bond donors (Lipinski definition) is 0. The Morgan fingerprint density at radius 1 is 0.368 bits per heavy atom. The predicted molar refractivity (Wildman–Crippen MR) is 294 cm³/mol. The van der Waals surface area contributed by atoms with Gasteiger partial charge in [-0.05, 0) is 131 Å². The van der Waals surface area contributed by atoms with Crippen LogP contribution in [0.2, 0.25) is 26.2 Å². The van der Waals surface area contributed by atoms with Gasteiger partial charge < -0.3 is 18.6 Å². The number of benzene rings is 9. The standard InChI is InChI=1S/C62H52N2O2Si2/c1-37-27-29-47(39(3)31-37)63(41-19-11-9-12-20-41)49-35-55-59(61-57(49)43-23-15-17-25-51(43)65-61)45-33-54-46(34-53(45)67(55,5)6)60-56(68(54,7)8)36-50(58-44-24-16-18-26-52(44)66-62(58)60)64(42-21-13-10-14-22-42)48-30-28-38(2)32-40(48)4/h9-36H,1-8H3. The molecule has 2 aliphatic rings. The molecule has 4 nitrogen and oxygen atoms in total. The normalized spacial score (nSPS) is 14.1.